The number of benzene rings is 1. The molecule has 1 aromatic carbocycles. The Bertz CT molecular complexity index is 420. The van der Waals surface area contributed by atoms with Crippen molar-refractivity contribution in [3.63, 3.8) is 0 Å². The van der Waals surface area contributed by atoms with Crippen molar-refractivity contribution in [3.8, 4) is 0 Å². The lowest BCUT2D eigenvalue weighted by atomic mass is 10.0. The van der Waals surface area contributed by atoms with Gasteiger partial charge in [-0.3, -0.25) is 4.79 Å². The van der Waals surface area contributed by atoms with Crippen molar-refractivity contribution in [2.24, 2.45) is 0 Å². The first-order valence-electron chi connectivity index (χ1n) is 5.28. The summed E-state index contributed by atoms with van der Waals surface area (Å²) in [5, 5.41) is 2.55. The fourth-order valence-corrected chi connectivity index (χ4v) is 2.28. The molecule has 0 saturated heterocycles. The minimum absolute atomic E-state index is 0.106. The van der Waals surface area contributed by atoms with Crippen LogP contribution in [0.5, 0.6) is 0 Å². The van der Waals surface area contributed by atoms with E-state index in [4.69, 9.17) is 0 Å². The third-order valence-electron chi connectivity index (χ3n) is 2.35. The number of carbonyl (C=O) groups excluding carboxylic acids is 1. The molecule has 1 atom stereocenters. The number of halogens is 3. The number of nitrogens with one attached hydrogen (secondary N) is 1. The summed E-state index contributed by atoms with van der Waals surface area (Å²) in [6, 6.07) is 4.69. The predicted molar refractivity (Wildman–Crippen MR) is 66.4 cm³/mol. The summed E-state index contributed by atoms with van der Waals surface area (Å²) >= 11 is 1.38. The molecule has 100 valence electrons. The standard InChI is InChI=1S/C12H14F3NOS/c1-8(17)16-11(7-18-2)9-5-3-4-6-10(9)12(13,14)15/h3-6,11H,7H2,1-2H3,(H,16,17). The van der Waals surface area contributed by atoms with Crippen LogP contribution >= 0.6 is 11.8 Å². The Balaban J connectivity index is 3.15. The SMILES string of the molecule is CSCC(NC(C)=O)c1ccccc1C(F)(F)F. The van der Waals surface area contributed by atoms with Crippen molar-refractivity contribution in [3.05, 3.63) is 35.4 Å². The summed E-state index contributed by atoms with van der Waals surface area (Å²) in [5.74, 6) is 0.0539. The number of rotatable bonds is 4. The summed E-state index contributed by atoms with van der Waals surface area (Å²) in [4.78, 5) is 11.1. The molecule has 1 unspecified atom stereocenters. The summed E-state index contributed by atoms with van der Waals surface area (Å²) in [6.07, 6.45) is -2.63. The topological polar surface area (TPSA) is 29.1 Å². The van der Waals surface area contributed by atoms with Crippen molar-refractivity contribution in [2.75, 3.05) is 12.0 Å². The van der Waals surface area contributed by atoms with E-state index in [1.807, 2.05) is 0 Å². The van der Waals surface area contributed by atoms with Gasteiger partial charge in [-0.1, -0.05) is 18.2 Å². The summed E-state index contributed by atoms with van der Waals surface area (Å²) in [5.41, 5.74) is -0.590. The van der Waals surface area contributed by atoms with E-state index in [1.54, 1.807) is 12.3 Å². The Morgan fingerprint density at radius 1 is 1.39 bits per heavy atom. The second-order valence-electron chi connectivity index (χ2n) is 3.79. The van der Waals surface area contributed by atoms with E-state index in [-0.39, 0.29) is 11.5 Å². The number of thioether (sulfide) groups is 1. The molecule has 0 bridgehead atoms. The Kier molecular flexibility index (Phi) is 5.07. The van der Waals surface area contributed by atoms with Gasteiger partial charge in [0, 0.05) is 12.7 Å². The first-order valence-corrected chi connectivity index (χ1v) is 6.67. The third-order valence-corrected chi connectivity index (χ3v) is 3.02. The van der Waals surface area contributed by atoms with E-state index < -0.39 is 17.8 Å². The highest BCUT2D eigenvalue weighted by Gasteiger charge is 2.34. The lowest BCUT2D eigenvalue weighted by molar-refractivity contribution is -0.138. The Morgan fingerprint density at radius 2 is 2.00 bits per heavy atom. The van der Waals surface area contributed by atoms with Gasteiger partial charge < -0.3 is 5.32 Å². The van der Waals surface area contributed by atoms with Crippen molar-refractivity contribution in [1.29, 1.82) is 0 Å². The first kappa shape index (κ1) is 14.9. The molecule has 0 aliphatic carbocycles. The minimum atomic E-state index is -4.41. The molecule has 1 amide bonds. The zero-order valence-electron chi connectivity index (χ0n) is 10.0. The van der Waals surface area contributed by atoms with Crippen LogP contribution in [0, 0.1) is 0 Å². The van der Waals surface area contributed by atoms with Crippen LogP contribution < -0.4 is 5.32 Å². The molecule has 0 spiro atoms. The van der Waals surface area contributed by atoms with Gasteiger partial charge in [-0.25, -0.2) is 0 Å². The average molecular weight is 277 g/mol. The zero-order valence-corrected chi connectivity index (χ0v) is 10.9. The fraction of sp³-hybridized carbons (Fsp3) is 0.417. The number of amides is 1. The van der Waals surface area contributed by atoms with Crippen LogP contribution in [-0.4, -0.2) is 17.9 Å². The van der Waals surface area contributed by atoms with Gasteiger partial charge in [0.25, 0.3) is 0 Å². The largest absolute Gasteiger partial charge is 0.416 e. The predicted octanol–water partition coefficient (Wildman–Crippen LogP) is 3.25. The molecule has 0 fully saturated rings. The van der Waals surface area contributed by atoms with Crippen LogP contribution in [0.1, 0.15) is 24.1 Å². The molecule has 0 aliphatic rings. The van der Waals surface area contributed by atoms with E-state index in [0.29, 0.717) is 5.75 Å². The second kappa shape index (κ2) is 6.13. The van der Waals surface area contributed by atoms with Crippen LogP contribution in [0.25, 0.3) is 0 Å². The minimum Gasteiger partial charge on any atom is -0.349 e. The normalized spacial score (nSPS) is 13.2. The molecule has 0 heterocycles. The van der Waals surface area contributed by atoms with E-state index >= 15 is 0 Å². The number of carbonyl (C=O) groups is 1. The van der Waals surface area contributed by atoms with Crippen molar-refractivity contribution in [2.45, 2.75) is 19.1 Å². The average Bonchev–Trinajstić information content (AvgIpc) is 2.27. The van der Waals surface area contributed by atoms with Crippen LogP contribution in [0.4, 0.5) is 13.2 Å². The van der Waals surface area contributed by atoms with E-state index in [9.17, 15) is 18.0 Å². The molecule has 1 aromatic rings. The maximum Gasteiger partial charge on any atom is 0.416 e. The number of hydrogen-bond donors (Lipinski definition) is 1. The van der Waals surface area contributed by atoms with Crippen molar-refractivity contribution < 1.29 is 18.0 Å². The molecule has 0 aromatic heterocycles. The quantitative estimate of drug-likeness (QED) is 0.915. The second-order valence-corrected chi connectivity index (χ2v) is 4.70. The molecule has 18 heavy (non-hydrogen) atoms. The van der Waals surface area contributed by atoms with E-state index in [1.165, 1.54) is 30.8 Å². The van der Waals surface area contributed by atoms with Crippen LogP contribution in [0.2, 0.25) is 0 Å². The maximum atomic E-state index is 12.9. The van der Waals surface area contributed by atoms with Gasteiger partial charge in [-0.2, -0.15) is 24.9 Å². The Labute approximate surface area is 108 Å². The highest BCUT2D eigenvalue weighted by atomic mass is 32.2. The number of hydrogen-bond acceptors (Lipinski definition) is 2. The highest BCUT2D eigenvalue weighted by molar-refractivity contribution is 7.98. The lowest BCUT2D eigenvalue weighted by Crippen LogP contribution is -2.29. The Hall–Kier alpha value is -1.17. The molecule has 0 saturated carbocycles. The molecule has 6 heteroatoms. The summed E-state index contributed by atoms with van der Waals surface area (Å²) < 4.78 is 38.6. The smallest absolute Gasteiger partial charge is 0.349 e. The third kappa shape index (κ3) is 3.94. The van der Waals surface area contributed by atoms with E-state index in [0.717, 1.165) is 6.07 Å². The zero-order chi connectivity index (χ0) is 13.8. The van der Waals surface area contributed by atoms with Gasteiger partial charge in [0.2, 0.25) is 5.91 Å². The summed E-state index contributed by atoms with van der Waals surface area (Å²) in [6.45, 7) is 1.30. The van der Waals surface area contributed by atoms with Crippen LogP contribution in [0.3, 0.4) is 0 Å². The molecule has 0 radical (unpaired) electrons. The Morgan fingerprint density at radius 3 is 2.50 bits per heavy atom. The highest BCUT2D eigenvalue weighted by Crippen LogP contribution is 2.35. The van der Waals surface area contributed by atoms with Crippen molar-refractivity contribution in [1.82, 2.24) is 5.32 Å². The van der Waals surface area contributed by atoms with Gasteiger partial charge in [0.1, 0.15) is 0 Å². The molecular weight excluding hydrogens is 263 g/mol. The van der Waals surface area contributed by atoms with Crippen LogP contribution in [0.15, 0.2) is 24.3 Å². The van der Waals surface area contributed by atoms with Gasteiger partial charge >= 0.3 is 6.18 Å². The molecule has 2 nitrogen and oxygen atoms in total. The van der Waals surface area contributed by atoms with E-state index in [2.05, 4.69) is 5.32 Å². The molecule has 1 rings (SSSR count). The fourth-order valence-electron chi connectivity index (χ4n) is 1.68. The van der Waals surface area contributed by atoms with Gasteiger partial charge in [0.05, 0.1) is 11.6 Å². The molecular formula is C12H14F3NOS. The van der Waals surface area contributed by atoms with Crippen molar-refractivity contribution >= 4 is 17.7 Å². The first-order chi connectivity index (χ1) is 8.36. The number of alkyl halides is 3. The maximum absolute atomic E-state index is 12.9. The van der Waals surface area contributed by atoms with Gasteiger partial charge in [-0.15, -0.1) is 0 Å². The molecule has 1 N–H and O–H groups in total. The van der Waals surface area contributed by atoms with Gasteiger partial charge in [-0.05, 0) is 17.9 Å². The molecule has 0 aliphatic heterocycles. The summed E-state index contributed by atoms with van der Waals surface area (Å²) in [7, 11) is 0. The lowest BCUT2D eigenvalue weighted by Gasteiger charge is -2.21. The van der Waals surface area contributed by atoms with Gasteiger partial charge in [0.15, 0.2) is 0 Å². The monoisotopic (exact) mass is 277 g/mol. The van der Waals surface area contributed by atoms with Crippen LogP contribution in [-0.2, 0) is 11.0 Å².